The Kier molecular flexibility index (Phi) is 4.05. The molecule has 0 saturated carbocycles. The van der Waals surface area contributed by atoms with Crippen LogP contribution in [0.25, 0.3) is 0 Å². The first-order chi connectivity index (χ1) is 7.88. The predicted molar refractivity (Wildman–Crippen MR) is 67.1 cm³/mol. The molecule has 1 aliphatic heterocycles. The molecule has 0 radical (unpaired) electrons. The van der Waals surface area contributed by atoms with Crippen molar-refractivity contribution in [3.8, 4) is 5.75 Å². The minimum atomic E-state index is 0.610. The van der Waals surface area contributed by atoms with Crippen molar-refractivity contribution < 1.29 is 4.74 Å². The van der Waals surface area contributed by atoms with E-state index in [1.54, 1.807) is 0 Å². The third-order valence-electron chi connectivity index (χ3n) is 2.88. The lowest BCUT2D eigenvalue weighted by Crippen LogP contribution is -2.35. The molecule has 3 heteroatoms. The normalized spacial score (nSPS) is 17.1. The molecular formula is C13H20N2O. The zero-order valence-corrected chi connectivity index (χ0v) is 9.83. The highest BCUT2D eigenvalue weighted by molar-refractivity contribution is 5.47. The van der Waals surface area contributed by atoms with E-state index in [9.17, 15) is 0 Å². The molecule has 2 rings (SSSR count). The van der Waals surface area contributed by atoms with Gasteiger partial charge in [0.05, 0.1) is 6.61 Å². The molecule has 1 aromatic rings. The van der Waals surface area contributed by atoms with Crippen molar-refractivity contribution >= 4 is 5.69 Å². The summed E-state index contributed by atoms with van der Waals surface area (Å²) in [6, 6.07) is 8.83. The van der Waals surface area contributed by atoms with Crippen LogP contribution in [0.4, 0.5) is 5.69 Å². The molecular weight excluding hydrogens is 200 g/mol. The van der Waals surface area contributed by atoms with Gasteiger partial charge in [-0.25, -0.2) is 0 Å². The number of nitrogens with one attached hydrogen (secondary N) is 2. The predicted octanol–water partition coefficient (Wildman–Crippen LogP) is 2.25. The quantitative estimate of drug-likeness (QED) is 0.816. The zero-order chi connectivity index (χ0) is 11.2. The Labute approximate surface area is 97.2 Å². The molecule has 1 aromatic carbocycles. The van der Waals surface area contributed by atoms with Crippen LogP contribution < -0.4 is 15.4 Å². The van der Waals surface area contributed by atoms with E-state index >= 15 is 0 Å². The summed E-state index contributed by atoms with van der Waals surface area (Å²) in [6.45, 7) is 4.96. The number of hydrogen-bond donors (Lipinski definition) is 2. The number of piperidine rings is 1. The van der Waals surface area contributed by atoms with Crippen LogP contribution in [0.15, 0.2) is 24.3 Å². The highest BCUT2D eigenvalue weighted by atomic mass is 16.5. The second-order valence-electron chi connectivity index (χ2n) is 4.13. The number of benzene rings is 1. The van der Waals surface area contributed by atoms with E-state index in [2.05, 4.69) is 22.8 Å². The molecule has 3 nitrogen and oxygen atoms in total. The summed E-state index contributed by atoms with van der Waals surface area (Å²) in [7, 11) is 0. The number of ether oxygens (including phenoxy) is 1. The Morgan fingerprint density at radius 1 is 1.25 bits per heavy atom. The Bertz CT molecular complexity index is 304. The maximum Gasteiger partial charge on any atom is 0.119 e. The summed E-state index contributed by atoms with van der Waals surface area (Å²) >= 11 is 0. The molecule has 0 amide bonds. The van der Waals surface area contributed by atoms with Crippen LogP contribution >= 0.6 is 0 Å². The van der Waals surface area contributed by atoms with Gasteiger partial charge in [-0.05, 0) is 57.1 Å². The van der Waals surface area contributed by atoms with Crippen LogP contribution in [-0.2, 0) is 0 Å². The van der Waals surface area contributed by atoms with Gasteiger partial charge in [0.15, 0.2) is 0 Å². The molecule has 0 aromatic heterocycles. The van der Waals surface area contributed by atoms with Crippen molar-refractivity contribution in [1.82, 2.24) is 5.32 Å². The van der Waals surface area contributed by atoms with Crippen LogP contribution in [0, 0.1) is 0 Å². The highest BCUT2D eigenvalue weighted by Gasteiger charge is 2.11. The molecule has 0 aliphatic carbocycles. The lowest BCUT2D eigenvalue weighted by molar-refractivity contribution is 0.340. The molecule has 88 valence electrons. The van der Waals surface area contributed by atoms with Gasteiger partial charge in [0.1, 0.15) is 5.75 Å². The molecule has 1 fully saturated rings. The van der Waals surface area contributed by atoms with E-state index in [4.69, 9.17) is 4.74 Å². The molecule has 0 bridgehead atoms. The Morgan fingerprint density at radius 2 is 1.94 bits per heavy atom. The molecule has 1 heterocycles. The number of rotatable bonds is 4. The van der Waals surface area contributed by atoms with Crippen molar-refractivity contribution in [2.75, 3.05) is 25.0 Å². The monoisotopic (exact) mass is 220 g/mol. The fourth-order valence-corrected chi connectivity index (χ4v) is 2.02. The van der Waals surface area contributed by atoms with E-state index in [0.717, 1.165) is 25.4 Å². The third kappa shape index (κ3) is 3.14. The maximum absolute atomic E-state index is 5.41. The van der Waals surface area contributed by atoms with Gasteiger partial charge in [-0.15, -0.1) is 0 Å². The summed E-state index contributed by atoms with van der Waals surface area (Å²) in [6.07, 6.45) is 2.40. The van der Waals surface area contributed by atoms with E-state index in [-0.39, 0.29) is 0 Å². The van der Waals surface area contributed by atoms with Gasteiger partial charge >= 0.3 is 0 Å². The molecule has 0 spiro atoms. The lowest BCUT2D eigenvalue weighted by Gasteiger charge is -2.24. The van der Waals surface area contributed by atoms with Crippen LogP contribution in [-0.4, -0.2) is 25.7 Å². The van der Waals surface area contributed by atoms with Crippen LogP contribution in [0.3, 0.4) is 0 Å². The summed E-state index contributed by atoms with van der Waals surface area (Å²) in [4.78, 5) is 0. The van der Waals surface area contributed by atoms with Crippen LogP contribution in [0.1, 0.15) is 19.8 Å². The first kappa shape index (κ1) is 11.3. The van der Waals surface area contributed by atoms with Gasteiger partial charge < -0.3 is 15.4 Å². The zero-order valence-electron chi connectivity index (χ0n) is 9.83. The van der Waals surface area contributed by atoms with Crippen molar-refractivity contribution in [1.29, 1.82) is 0 Å². The van der Waals surface area contributed by atoms with Gasteiger partial charge in [0.25, 0.3) is 0 Å². The van der Waals surface area contributed by atoms with Gasteiger partial charge in [0.2, 0.25) is 0 Å². The topological polar surface area (TPSA) is 33.3 Å². The molecule has 1 saturated heterocycles. The summed E-state index contributed by atoms with van der Waals surface area (Å²) < 4.78 is 5.41. The van der Waals surface area contributed by atoms with Crippen LogP contribution in [0.2, 0.25) is 0 Å². The fourth-order valence-electron chi connectivity index (χ4n) is 2.02. The maximum atomic E-state index is 5.41. The molecule has 1 aliphatic rings. The fraction of sp³-hybridized carbons (Fsp3) is 0.538. The van der Waals surface area contributed by atoms with Crippen molar-refractivity contribution in [3.63, 3.8) is 0 Å². The minimum absolute atomic E-state index is 0.610. The van der Waals surface area contributed by atoms with Crippen LogP contribution in [0.5, 0.6) is 5.75 Å². The number of anilines is 1. The van der Waals surface area contributed by atoms with Crippen molar-refractivity contribution in [2.45, 2.75) is 25.8 Å². The SMILES string of the molecule is CCOc1ccc(NC2CCNCC2)cc1. The van der Waals surface area contributed by atoms with Gasteiger partial charge in [0, 0.05) is 11.7 Å². The van der Waals surface area contributed by atoms with Gasteiger partial charge in [-0.3, -0.25) is 0 Å². The molecule has 0 unspecified atom stereocenters. The minimum Gasteiger partial charge on any atom is -0.494 e. The lowest BCUT2D eigenvalue weighted by atomic mass is 10.1. The number of hydrogen-bond acceptors (Lipinski definition) is 3. The molecule has 0 atom stereocenters. The highest BCUT2D eigenvalue weighted by Crippen LogP contribution is 2.18. The summed E-state index contributed by atoms with van der Waals surface area (Å²) in [5.41, 5.74) is 1.19. The largest absolute Gasteiger partial charge is 0.494 e. The van der Waals surface area contributed by atoms with Crippen molar-refractivity contribution in [2.24, 2.45) is 0 Å². The van der Waals surface area contributed by atoms with Crippen molar-refractivity contribution in [3.05, 3.63) is 24.3 Å². The van der Waals surface area contributed by atoms with Gasteiger partial charge in [-0.2, -0.15) is 0 Å². The first-order valence-corrected chi connectivity index (χ1v) is 6.08. The van der Waals surface area contributed by atoms with E-state index < -0.39 is 0 Å². The Balaban J connectivity index is 1.88. The summed E-state index contributed by atoms with van der Waals surface area (Å²) in [5.74, 6) is 0.943. The smallest absolute Gasteiger partial charge is 0.119 e. The average molecular weight is 220 g/mol. The Hall–Kier alpha value is -1.22. The first-order valence-electron chi connectivity index (χ1n) is 6.08. The second-order valence-corrected chi connectivity index (χ2v) is 4.13. The average Bonchev–Trinajstić information content (AvgIpc) is 2.33. The molecule has 16 heavy (non-hydrogen) atoms. The van der Waals surface area contributed by atoms with E-state index in [0.29, 0.717) is 6.04 Å². The molecule has 2 N–H and O–H groups in total. The second kappa shape index (κ2) is 5.75. The van der Waals surface area contributed by atoms with Gasteiger partial charge in [-0.1, -0.05) is 0 Å². The standard InChI is InChI=1S/C13H20N2O/c1-2-16-13-5-3-11(4-6-13)15-12-7-9-14-10-8-12/h3-6,12,14-15H,2,7-10H2,1H3. The van der Waals surface area contributed by atoms with E-state index in [1.807, 2.05) is 19.1 Å². The van der Waals surface area contributed by atoms with E-state index in [1.165, 1.54) is 18.5 Å². The summed E-state index contributed by atoms with van der Waals surface area (Å²) in [5, 5.41) is 6.92. The Morgan fingerprint density at radius 3 is 2.56 bits per heavy atom. The third-order valence-corrected chi connectivity index (χ3v) is 2.88.